The van der Waals surface area contributed by atoms with Crippen LogP contribution >= 0.6 is 0 Å². The monoisotopic (exact) mass is 410 g/mol. The number of carbonyl (C=O) groups is 1. The van der Waals surface area contributed by atoms with Crippen LogP contribution in [-0.4, -0.2) is 40.9 Å². The molecule has 1 aliphatic heterocycles. The lowest BCUT2D eigenvalue weighted by Crippen LogP contribution is -2.44. The van der Waals surface area contributed by atoms with Crippen LogP contribution in [-0.2, 0) is 10.4 Å². The summed E-state index contributed by atoms with van der Waals surface area (Å²) in [4.78, 5) is 27.4. The molecule has 2 heterocycles. The van der Waals surface area contributed by atoms with Crippen molar-refractivity contribution in [3.05, 3.63) is 77.3 Å². The van der Waals surface area contributed by atoms with Gasteiger partial charge in [-0.1, -0.05) is 25.2 Å². The van der Waals surface area contributed by atoms with E-state index in [1.165, 1.54) is 16.6 Å². The van der Waals surface area contributed by atoms with Gasteiger partial charge in [-0.25, -0.2) is 0 Å². The Hall–Kier alpha value is -3.16. The van der Waals surface area contributed by atoms with Gasteiger partial charge in [-0.05, 0) is 36.8 Å². The molecule has 158 valence electrons. The lowest BCUT2D eigenvalue weighted by Gasteiger charge is -2.27. The number of methoxy groups -OCH3 is 1. The lowest BCUT2D eigenvalue weighted by molar-refractivity contribution is -0.139. The van der Waals surface area contributed by atoms with E-state index in [-0.39, 0.29) is 24.5 Å². The molecule has 1 aromatic heterocycles. The van der Waals surface area contributed by atoms with E-state index in [4.69, 9.17) is 9.84 Å². The summed E-state index contributed by atoms with van der Waals surface area (Å²) in [6.07, 6.45) is 7.09. The number of amides is 1. The summed E-state index contributed by atoms with van der Waals surface area (Å²) in [6, 6.07) is 8.37. The van der Waals surface area contributed by atoms with E-state index >= 15 is 0 Å². The van der Waals surface area contributed by atoms with Gasteiger partial charge < -0.3 is 19.8 Å². The second-order valence-electron chi connectivity index (χ2n) is 7.15. The minimum atomic E-state index is -1.80. The SMILES string of the molecule is C=CCN1C(=O)[C@@](O)([C@@H](C)/C=C/CCO)c2cc(-n3cccc(OC)c3=O)ccc21. The number of aliphatic hydroxyl groups is 2. The third kappa shape index (κ3) is 3.46. The molecule has 0 fully saturated rings. The van der Waals surface area contributed by atoms with Gasteiger partial charge in [0.1, 0.15) is 0 Å². The van der Waals surface area contributed by atoms with Gasteiger partial charge in [0.25, 0.3) is 11.5 Å². The zero-order valence-corrected chi connectivity index (χ0v) is 17.1. The van der Waals surface area contributed by atoms with Crippen LogP contribution in [0.4, 0.5) is 5.69 Å². The molecule has 0 radical (unpaired) electrons. The number of carbonyl (C=O) groups excluding carboxylic acids is 1. The number of ether oxygens (including phenoxy) is 1. The molecule has 1 aromatic carbocycles. The van der Waals surface area contributed by atoms with Crippen LogP contribution in [0.1, 0.15) is 18.9 Å². The van der Waals surface area contributed by atoms with Crippen molar-refractivity contribution >= 4 is 11.6 Å². The Morgan fingerprint density at radius 3 is 2.73 bits per heavy atom. The fraction of sp³-hybridized carbons (Fsp3) is 0.304. The Morgan fingerprint density at radius 1 is 1.30 bits per heavy atom. The quantitative estimate of drug-likeness (QED) is 0.651. The van der Waals surface area contributed by atoms with Crippen molar-refractivity contribution in [2.75, 3.05) is 25.2 Å². The minimum absolute atomic E-state index is 0.0162. The highest BCUT2D eigenvalue weighted by Crippen LogP contribution is 2.45. The Labute approximate surface area is 175 Å². The highest BCUT2D eigenvalue weighted by molar-refractivity contribution is 6.07. The van der Waals surface area contributed by atoms with E-state index in [0.717, 1.165) is 0 Å². The molecule has 7 heteroatoms. The standard InChI is InChI=1S/C23H26N2O5/c1-4-12-25-19-11-10-17(24-13-7-9-20(30-3)21(24)27)15-18(19)23(29,22(25)28)16(2)8-5-6-14-26/h4-5,7-11,13,15-16,26,29H,1,6,12,14H2,2-3H3/b8-5+/t16-,23+/m0/s1. The molecule has 1 amide bonds. The molecule has 1 aliphatic rings. The second kappa shape index (κ2) is 8.69. The van der Waals surface area contributed by atoms with Crippen molar-refractivity contribution in [3.8, 4) is 11.4 Å². The highest BCUT2D eigenvalue weighted by atomic mass is 16.5. The molecule has 2 aromatic rings. The summed E-state index contributed by atoms with van der Waals surface area (Å²) in [6.45, 7) is 5.68. The van der Waals surface area contributed by atoms with E-state index in [9.17, 15) is 14.7 Å². The summed E-state index contributed by atoms with van der Waals surface area (Å²) in [5, 5.41) is 20.6. The van der Waals surface area contributed by atoms with Crippen molar-refractivity contribution in [1.82, 2.24) is 4.57 Å². The Balaban J connectivity index is 2.17. The number of anilines is 1. The van der Waals surface area contributed by atoms with Gasteiger partial charge in [0.2, 0.25) is 0 Å². The topological polar surface area (TPSA) is 92.0 Å². The third-order valence-electron chi connectivity index (χ3n) is 5.35. The van der Waals surface area contributed by atoms with E-state index in [1.807, 2.05) is 0 Å². The maximum Gasteiger partial charge on any atom is 0.297 e. The first-order chi connectivity index (χ1) is 14.4. The number of aliphatic hydroxyl groups excluding tert-OH is 1. The van der Waals surface area contributed by atoms with Crippen LogP contribution in [0.5, 0.6) is 5.75 Å². The van der Waals surface area contributed by atoms with Crippen LogP contribution in [0.2, 0.25) is 0 Å². The summed E-state index contributed by atoms with van der Waals surface area (Å²) < 4.78 is 6.52. The van der Waals surface area contributed by atoms with E-state index in [0.29, 0.717) is 23.4 Å². The molecule has 30 heavy (non-hydrogen) atoms. The number of aromatic nitrogens is 1. The number of pyridine rings is 1. The molecule has 2 N–H and O–H groups in total. The minimum Gasteiger partial charge on any atom is -0.491 e. The molecule has 0 saturated carbocycles. The predicted octanol–water partition coefficient (Wildman–Crippen LogP) is 2.14. The number of hydrogen-bond acceptors (Lipinski definition) is 5. The summed E-state index contributed by atoms with van der Waals surface area (Å²) in [5.74, 6) is -0.811. The molecule has 3 rings (SSSR count). The molecule has 0 aliphatic carbocycles. The maximum atomic E-state index is 13.2. The molecular formula is C23H26N2O5. The number of benzene rings is 1. The van der Waals surface area contributed by atoms with Gasteiger partial charge in [0.15, 0.2) is 11.4 Å². The van der Waals surface area contributed by atoms with Crippen molar-refractivity contribution in [2.24, 2.45) is 5.92 Å². The maximum absolute atomic E-state index is 13.2. The first kappa shape index (κ1) is 21.5. The summed E-state index contributed by atoms with van der Waals surface area (Å²) >= 11 is 0. The van der Waals surface area contributed by atoms with E-state index in [2.05, 4.69) is 6.58 Å². The fourth-order valence-electron chi connectivity index (χ4n) is 3.74. The van der Waals surface area contributed by atoms with E-state index in [1.54, 1.807) is 61.7 Å². The normalized spacial score (nSPS) is 19.2. The van der Waals surface area contributed by atoms with E-state index < -0.39 is 17.4 Å². The number of rotatable bonds is 8. The zero-order valence-electron chi connectivity index (χ0n) is 17.1. The molecule has 0 bridgehead atoms. The Morgan fingerprint density at radius 2 is 2.07 bits per heavy atom. The van der Waals surface area contributed by atoms with Gasteiger partial charge in [0.05, 0.1) is 12.8 Å². The van der Waals surface area contributed by atoms with Crippen LogP contribution in [0.3, 0.4) is 0 Å². The van der Waals surface area contributed by atoms with Crippen molar-refractivity contribution in [2.45, 2.75) is 18.9 Å². The van der Waals surface area contributed by atoms with Gasteiger partial charge in [-0.3, -0.25) is 14.2 Å². The van der Waals surface area contributed by atoms with Crippen LogP contribution < -0.4 is 15.2 Å². The van der Waals surface area contributed by atoms with Gasteiger partial charge in [0, 0.05) is 36.5 Å². The first-order valence-corrected chi connectivity index (χ1v) is 9.73. The molecule has 0 saturated heterocycles. The molecule has 2 atom stereocenters. The zero-order chi connectivity index (χ0) is 21.9. The van der Waals surface area contributed by atoms with Gasteiger partial charge >= 0.3 is 0 Å². The Kier molecular flexibility index (Phi) is 6.24. The third-order valence-corrected chi connectivity index (χ3v) is 5.35. The molecule has 0 spiro atoms. The van der Waals surface area contributed by atoms with Crippen LogP contribution in [0.25, 0.3) is 5.69 Å². The molecule has 0 unspecified atom stereocenters. The smallest absolute Gasteiger partial charge is 0.297 e. The van der Waals surface area contributed by atoms with Crippen molar-refractivity contribution < 1.29 is 19.7 Å². The van der Waals surface area contributed by atoms with Crippen molar-refractivity contribution in [1.29, 1.82) is 0 Å². The Bertz CT molecular complexity index is 1040. The summed E-state index contributed by atoms with van der Waals surface area (Å²) in [7, 11) is 1.43. The average molecular weight is 410 g/mol. The lowest BCUT2D eigenvalue weighted by atomic mass is 9.82. The van der Waals surface area contributed by atoms with Crippen molar-refractivity contribution in [3.63, 3.8) is 0 Å². The number of hydrogen-bond donors (Lipinski definition) is 2. The fourth-order valence-corrected chi connectivity index (χ4v) is 3.74. The van der Waals surface area contributed by atoms with Crippen LogP contribution in [0.15, 0.2) is 66.1 Å². The largest absolute Gasteiger partial charge is 0.491 e. The molecule has 7 nitrogen and oxygen atoms in total. The second-order valence-corrected chi connectivity index (χ2v) is 7.15. The molecular weight excluding hydrogens is 384 g/mol. The van der Waals surface area contributed by atoms with Gasteiger partial charge in [-0.2, -0.15) is 0 Å². The van der Waals surface area contributed by atoms with Crippen LogP contribution in [0, 0.1) is 5.92 Å². The highest BCUT2D eigenvalue weighted by Gasteiger charge is 2.52. The number of fused-ring (bicyclic) bond motifs is 1. The summed E-state index contributed by atoms with van der Waals surface area (Å²) in [5.41, 5.74) is -0.641. The predicted molar refractivity (Wildman–Crippen MR) is 115 cm³/mol. The average Bonchev–Trinajstić information content (AvgIpc) is 2.96. The number of nitrogens with zero attached hydrogens (tertiary/aromatic N) is 2. The first-order valence-electron chi connectivity index (χ1n) is 9.73. The van der Waals surface area contributed by atoms with Gasteiger partial charge in [-0.15, -0.1) is 6.58 Å².